The van der Waals surface area contributed by atoms with Gasteiger partial charge in [0.05, 0.1) is 0 Å². The lowest BCUT2D eigenvalue weighted by Gasteiger charge is -2.31. The molecule has 2 nitrogen and oxygen atoms in total. The minimum absolute atomic E-state index is 0.144. The molecule has 11 aromatic rings. The SMILES string of the molecule is Cc1cccc2sc3ccc(-c4ccc(-c5cc(N(c6ccccc6)c6ccc(-c7ccccc7)cc6)cc(N(c6ccccc6)c6ccc7c(c6)C(C)(C)c6ccccc6-7)c5)cc4)cc3c12. The molecule has 0 fully saturated rings. The summed E-state index contributed by atoms with van der Waals surface area (Å²) < 4.78 is 2.67. The Kier molecular flexibility index (Phi) is 9.96. The lowest BCUT2D eigenvalue weighted by Crippen LogP contribution is -2.17. The third-order valence-corrected chi connectivity index (χ3v) is 14.9. The maximum absolute atomic E-state index is 2.44. The Bertz CT molecular complexity index is 3590. The van der Waals surface area contributed by atoms with Crippen LogP contribution in [0.15, 0.2) is 237 Å². The first kappa shape index (κ1) is 40.5. The van der Waals surface area contributed by atoms with E-state index < -0.39 is 0 Å². The number of hydrogen-bond acceptors (Lipinski definition) is 3. The van der Waals surface area contributed by atoms with Gasteiger partial charge in [0.2, 0.25) is 0 Å². The van der Waals surface area contributed by atoms with Crippen LogP contribution in [0, 0.1) is 6.92 Å². The number of hydrogen-bond donors (Lipinski definition) is 0. The molecule has 1 aliphatic carbocycles. The number of anilines is 6. The molecule has 0 atom stereocenters. The van der Waals surface area contributed by atoms with Gasteiger partial charge in [-0.15, -0.1) is 11.3 Å². The number of rotatable bonds is 9. The Hall–Kier alpha value is -7.98. The highest BCUT2D eigenvalue weighted by atomic mass is 32.1. The van der Waals surface area contributed by atoms with Crippen LogP contribution in [0.4, 0.5) is 34.1 Å². The second-order valence-corrected chi connectivity index (χ2v) is 19.3. The summed E-state index contributed by atoms with van der Waals surface area (Å²) in [6.07, 6.45) is 0. The van der Waals surface area contributed by atoms with Gasteiger partial charge in [-0.2, -0.15) is 0 Å². The largest absolute Gasteiger partial charge is 0.310 e. The molecular weight excluding hydrogens is 829 g/mol. The van der Waals surface area contributed by atoms with E-state index in [1.54, 1.807) is 0 Å². The maximum atomic E-state index is 2.44. The van der Waals surface area contributed by atoms with Crippen molar-refractivity contribution in [3.8, 4) is 44.5 Å². The molecule has 0 bridgehead atoms. The zero-order valence-electron chi connectivity index (χ0n) is 37.8. The van der Waals surface area contributed by atoms with Crippen molar-refractivity contribution < 1.29 is 0 Å². The Labute approximate surface area is 397 Å². The minimum Gasteiger partial charge on any atom is -0.310 e. The number of nitrogens with zero attached hydrogens (tertiary/aromatic N) is 2. The molecule has 0 amide bonds. The van der Waals surface area contributed by atoms with Gasteiger partial charge in [0.15, 0.2) is 0 Å². The highest BCUT2D eigenvalue weighted by Crippen LogP contribution is 2.51. The number of thiophene rings is 1. The van der Waals surface area contributed by atoms with Crippen molar-refractivity contribution in [3.05, 3.63) is 253 Å². The normalized spacial score (nSPS) is 12.5. The van der Waals surface area contributed by atoms with Crippen molar-refractivity contribution in [1.82, 2.24) is 0 Å². The fraction of sp³-hybridized carbons (Fsp3) is 0.0625. The zero-order valence-corrected chi connectivity index (χ0v) is 38.6. The molecule has 0 aliphatic heterocycles. The van der Waals surface area contributed by atoms with Crippen LogP contribution in [-0.2, 0) is 5.41 Å². The van der Waals surface area contributed by atoms with Gasteiger partial charge >= 0.3 is 0 Å². The Morgan fingerprint density at radius 3 is 1.52 bits per heavy atom. The van der Waals surface area contributed by atoms with Gasteiger partial charge in [0, 0.05) is 59.7 Å². The molecule has 0 N–H and O–H groups in total. The van der Waals surface area contributed by atoms with E-state index in [-0.39, 0.29) is 5.41 Å². The van der Waals surface area contributed by atoms with E-state index in [0.29, 0.717) is 0 Å². The fourth-order valence-corrected chi connectivity index (χ4v) is 11.5. The summed E-state index contributed by atoms with van der Waals surface area (Å²) in [5.74, 6) is 0. The van der Waals surface area contributed by atoms with Gasteiger partial charge in [-0.05, 0) is 153 Å². The molecule has 12 rings (SSSR count). The van der Waals surface area contributed by atoms with Crippen LogP contribution in [0.2, 0.25) is 0 Å². The molecule has 10 aromatic carbocycles. The van der Waals surface area contributed by atoms with Gasteiger partial charge in [0.25, 0.3) is 0 Å². The van der Waals surface area contributed by atoms with Crippen molar-refractivity contribution in [2.75, 3.05) is 9.80 Å². The summed E-state index contributed by atoms with van der Waals surface area (Å²) in [6, 6.07) is 86.9. The Balaban J connectivity index is 1.03. The average molecular weight is 877 g/mol. The van der Waals surface area contributed by atoms with Gasteiger partial charge < -0.3 is 9.80 Å². The summed E-state index contributed by atoms with van der Waals surface area (Å²) in [4.78, 5) is 4.83. The van der Waals surface area contributed by atoms with Crippen LogP contribution in [0.25, 0.3) is 64.7 Å². The number of benzene rings is 10. The third kappa shape index (κ3) is 7.20. The summed E-state index contributed by atoms with van der Waals surface area (Å²) in [5.41, 5.74) is 20.1. The van der Waals surface area contributed by atoms with Crippen LogP contribution in [0.3, 0.4) is 0 Å². The lowest BCUT2D eigenvalue weighted by molar-refractivity contribution is 0.660. The highest BCUT2D eigenvalue weighted by molar-refractivity contribution is 7.25. The molecule has 3 heteroatoms. The summed E-state index contributed by atoms with van der Waals surface area (Å²) in [5, 5.41) is 2.69. The number of fused-ring (bicyclic) bond motifs is 6. The molecule has 1 aromatic heterocycles. The monoisotopic (exact) mass is 876 g/mol. The molecule has 67 heavy (non-hydrogen) atoms. The van der Waals surface area contributed by atoms with Crippen LogP contribution in [0.5, 0.6) is 0 Å². The standard InChI is InChI=1S/C64H48N2S/c1-43-16-15-25-62-63(43)58-40-48(32-37-61(58)67-62)46-26-28-47(29-27-46)49-38-54(65(50-19-9-5-10-20-50)52-33-30-45(31-34-52)44-17-7-4-8-18-44)41-55(39-49)66(51-21-11-6-12-22-51)53-35-36-57-56-23-13-14-24-59(56)64(2,3)60(57)42-53/h4-42H,1-3H3. The molecule has 1 heterocycles. The van der Waals surface area contributed by atoms with Gasteiger partial charge in [-0.3, -0.25) is 0 Å². The summed E-state index contributed by atoms with van der Waals surface area (Å²) in [7, 11) is 0. The van der Waals surface area contributed by atoms with E-state index in [4.69, 9.17) is 0 Å². The topological polar surface area (TPSA) is 6.48 Å². The minimum atomic E-state index is -0.144. The average Bonchev–Trinajstić information content (AvgIpc) is 3.87. The second-order valence-electron chi connectivity index (χ2n) is 18.2. The highest BCUT2D eigenvalue weighted by Gasteiger charge is 2.36. The molecule has 0 saturated carbocycles. The Morgan fingerprint density at radius 1 is 0.328 bits per heavy atom. The maximum Gasteiger partial charge on any atom is 0.0488 e. The second kappa shape index (κ2) is 16.5. The van der Waals surface area contributed by atoms with E-state index in [9.17, 15) is 0 Å². The zero-order chi connectivity index (χ0) is 45.1. The number of aryl methyl sites for hydroxylation is 1. The van der Waals surface area contributed by atoms with E-state index >= 15 is 0 Å². The van der Waals surface area contributed by atoms with Crippen molar-refractivity contribution in [2.45, 2.75) is 26.2 Å². The third-order valence-electron chi connectivity index (χ3n) is 13.8. The molecule has 0 radical (unpaired) electrons. The van der Waals surface area contributed by atoms with Crippen LogP contribution in [-0.4, -0.2) is 0 Å². The van der Waals surface area contributed by atoms with E-state index in [2.05, 4.69) is 267 Å². The van der Waals surface area contributed by atoms with Crippen molar-refractivity contribution in [2.24, 2.45) is 0 Å². The summed E-state index contributed by atoms with van der Waals surface area (Å²) in [6.45, 7) is 6.94. The molecule has 0 saturated heterocycles. The molecule has 0 unspecified atom stereocenters. The van der Waals surface area contributed by atoms with Crippen LogP contribution in [0.1, 0.15) is 30.5 Å². The van der Waals surface area contributed by atoms with Crippen molar-refractivity contribution in [1.29, 1.82) is 0 Å². The van der Waals surface area contributed by atoms with Crippen molar-refractivity contribution >= 4 is 65.6 Å². The molecule has 320 valence electrons. The molecular formula is C64H48N2S. The first-order valence-corrected chi connectivity index (χ1v) is 24.0. The Morgan fingerprint density at radius 2 is 0.836 bits per heavy atom. The lowest BCUT2D eigenvalue weighted by atomic mass is 9.82. The fourth-order valence-electron chi connectivity index (χ4n) is 10.4. The molecule has 1 aliphatic rings. The quantitative estimate of drug-likeness (QED) is 0.143. The van der Waals surface area contributed by atoms with Gasteiger partial charge in [-0.25, -0.2) is 0 Å². The number of para-hydroxylation sites is 2. The van der Waals surface area contributed by atoms with Crippen molar-refractivity contribution in [3.63, 3.8) is 0 Å². The van der Waals surface area contributed by atoms with E-state index in [0.717, 1.165) is 45.3 Å². The first-order chi connectivity index (χ1) is 32.9. The van der Waals surface area contributed by atoms with Crippen LogP contribution < -0.4 is 9.80 Å². The smallest absolute Gasteiger partial charge is 0.0488 e. The summed E-state index contributed by atoms with van der Waals surface area (Å²) >= 11 is 1.87. The van der Waals surface area contributed by atoms with Gasteiger partial charge in [0.1, 0.15) is 0 Å². The van der Waals surface area contributed by atoms with Gasteiger partial charge in [-0.1, -0.05) is 166 Å². The van der Waals surface area contributed by atoms with Crippen LogP contribution >= 0.6 is 11.3 Å². The van der Waals surface area contributed by atoms with E-state index in [1.807, 2.05) is 11.3 Å². The van der Waals surface area contributed by atoms with E-state index in [1.165, 1.54) is 70.2 Å². The first-order valence-electron chi connectivity index (χ1n) is 23.2. The predicted octanol–water partition coefficient (Wildman–Crippen LogP) is 18.6. The molecule has 0 spiro atoms. The predicted molar refractivity (Wildman–Crippen MR) is 287 cm³/mol.